The molecule has 19 heavy (non-hydrogen) atoms. The zero-order valence-electron chi connectivity index (χ0n) is 11.2. The Morgan fingerprint density at radius 1 is 1.16 bits per heavy atom. The van der Waals surface area contributed by atoms with Gasteiger partial charge in [0.1, 0.15) is 0 Å². The van der Waals surface area contributed by atoms with Gasteiger partial charge in [-0.25, -0.2) is 0 Å². The zero-order chi connectivity index (χ0) is 13.9. The van der Waals surface area contributed by atoms with Crippen molar-refractivity contribution in [1.29, 1.82) is 0 Å². The smallest absolute Gasteiger partial charge is 0.253 e. The Balaban J connectivity index is 2.01. The van der Waals surface area contributed by atoms with Gasteiger partial charge < -0.3 is 14.4 Å². The zero-order valence-corrected chi connectivity index (χ0v) is 12.8. The van der Waals surface area contributed by atoms with Crippen LogP contribution in [0.1, 0.15) is 23.2 Å². The van der Waals surface area contributed by atoms with E-state index in [1.54, 1.807) is 14.2 Å². The van der Waals surface area contributed by atoms with Crippen LogP contribution in [-0.4, -0.2) is 43.9 Å². The molecule has 2 rings (SSSR count). The SMILES string of the molecule is COC1(OC)CCN(C(=O)c2ccc(Br)cc2)CC1. The lowest BCUT2D eigenvalue weighted by atomic mass is 10.0. The maximum atomic E-state index is 12.3. The van der Waals surface area contributed by atoms with E-state index in [4.69, 9.17) is 9.47 Å². The molecule has 1 aromatic rings. The second kappa shape index (κ2) is 6.03. The third kappa shape index (κ3) is 3.16. The van der Waals surface area contributed by atoms with Gasteiger partial charge in [-0.1, -0.05) is 15.9 Å². The Morgan fingerprint density at radius 2 is 1.68 bits per heavy atom. The van der Waals surface area contributed by atoms with Crippen LogP contribution < -0.4 is 0 Å². The van der Waals surface area contributed by atoms with E-state index in [1.165, 1.54) is 0 Å². The summed E-state index contributed by atoms with van der Waals surface area (Å²) in [6.45, 7) is 1.30. The molecule has 5 heteroatoms. The third-order valence-electron chi connectivity index (χ3n) is 3.65. The highest BCUT2D eigenvalue weighted by Gasteiger charge is 2.36. The quantitative estimate of drug-likeness (QED) is 0.801. The predicted molar refractivity (Wildman–Crippen MR) is 76.0 cm³/mol. The minimum atomic E-state index is -0.531. The number of halogens is 1. The van der Waals surface area contributed by atoms with Gasteiger partial charge >= 0.3 is 0 Å². The number of rotatable bonds is 3. The van der Waals surface area contributed by atoms with Crippen molar-refractivity contribution in [2.24, 2.45) is 0 Å². The molecule has 0 atom stereocenters. The van der Waals surface area contributed by atoms with Crippen LogP contribution in [-0.2, 0) is 9.47 Å². The number of carbonyl (C=O) groups is 1. The average molecular weight is 328 g/mol. The third-order valence-corrected chi connectivity index (χ3v) is 4.18. The summed E-state index contributed by atoms with van der Waals surface area (Å²) in [5, 5.41) is 0. The monoisotopic (exact) mass is 327 g/mol. The van der Waals surface area contributed by atoms with Crippen molar-refractivity contribution in [1.82, 2.24) is 4.90 Å². The number of carbonyl (C=O) groups excluding carboxylic acids is 1. The predicted octanol–water partition coefficient (Wildman–Crippen LogP) is 2.67. The molecule has 0 N–H and O–H groups in total. The standard InChI is InChI=1S/C14H18BrNO3/c1-18-14(19-2)7-9-16(10-8-14)13(17)11-3-5-12(15)6-4-11/h3-6H,7-10H2,1-2H3. The van der Waals surface area contributed by atoms with Crippen LogP contribution >= 0.6 is 15.9 Å². The van der Waals surface area contributed by atoms with Crippen LogP contribution in [0.25, 0.3) is 0 Å². The van der Waals surface area contributed by atoms with E-state index in [9.17, 15) is 4.79 Å². The summed E-state index contributed by atoms with van der Waals surface area (Å²) in [7, 11) is 3.30. The maximum absolute atomic E-state index is 12.3. The Labute approximate surface area is 121 Å². The van der Waals surface area contributed by atoms with E-state index in [-0.39, 0.29) is 5.91 Å². The Kier molecular flexibility index (Phi) is 4.60. The molecule has 0 unspecified atom stereocenters. The topological polar surface area (TPSA) is 38.8 Å². The van der Waals surface area contributed by atoms with Crippen molar-refractivity contribution in [3.05, 3.63) is 34.3 Å². The molecule has 1 saturated heterocycles. The Hall–Kier alpha value is -0.910. The molecule has 104 valence electrons. The van der Waals surface area contributed by atoms with Gasteiger partial charge in [0.05, 0.1) is 0 Å². The summed E-state index contributed by atoms with van der Waals surface area (Å²) in [6, 6.07) is 7.43. The van der Waals surface area contributed by atoms with Crippen molar-refractivity contribution in [3.63, 3.8) is 0 Å². The number of hydrogen-bond acceptors (Lipinski definition) is 3. The summed E-state index contributed by atoms with van der Waals surface area (Å²) in [5.41, 5.74) is 0.713. The van der Waals surface area contributed by atoms with Gasteiger partial charge in [0.15, 0.2) is 5.79 Å². The van der Waals surface area contributed by atoms with E-state index < -0.39 is 5.79 Å². The number of likely N-dealkylation sites (tertiary alicyclic amines) is 1. The number of ether oxygens (including phenoxy) is 2. The van der Waals surface area contributed by atoms with Gasteiger partial charge in [0, 0.05) is 50.2 Å². The Bertz CT molecular complexity index is 433. The van der Waals surface area contributed by atoms with Crippen molar-refractivity contribution in [2.45, 2.75) is 18.6 Å². The first-order chi connectivity index (χ1) is 9.10. The van der Waals surface area contributed by atoms with Gasteiger partial charge in [-0.05, 0) is 24.3 Å². The number of methoxy groups -OCH3 is 2. The maximum Gasteiger partial charge on any atom is 0.253 e. The molecule has 1 aliphatic heterocycles. The van der Waals surface area contributed by atoms with Crippen molar-refractivity contribution < 1.29 is 14.3 Å². The molecule has 0 spiro atoms. The number of amides is 1. The molecule has 0 aromatic heterocycles. The highest BCUT2D eigenvalue weighted by molar-refractivity contribution is 9.10. The number of hydrogen-bond donors (Lipinski definition) is 0. The number of nitrogens with zero attached hydrogens (tertiary/aromatic N) is 1. The van der Waals surface area contributed by atoms with Crippen molar-refractivity contribution >= 4 is 21.8 Å². The van der Waals surface area contributed by atoms with E-state index in [0.717, 1.165) is 4.47 Å². The Morgan fingerprint density at radius 3 is 2.16 bits per heavy atom. The molecular formula is C14H18BrNO3. The molecule has 0 radical (unpaired) electrons. The van der Waals surface area contributed by atoms with Crippen LogP contribution in [0.5, 0.6) is 0 Å². The summed E-state index contributed by atoms with van der Waals surface area (Å²) in [5.74, 6) is -0.468. The fraction of sp³-hybridized carbons (Fsp3) is 0.500. The van der Waals surface area contributed by atoms with E-state index >= 15 is 0 Å². The second-order valence-corrected chi connectivity index (χ2v) is 5.53. The first kappa shape index (κ1) is 14.5. The van der Waals surface area contributed by atoms with E-state index in [2.05, 4.69) is 15.9 Å². The van der Waals surface area contributed by atoms with Crippen LogP contribution in [0.4, 0.5) is 0 Å². The highest BCUT2D eigenvalue weighted by atomic mass is 79.9. The molecular weight excluding hydrogens is 310 g/mol. The van der Waals surface area contributed by atoms with Gasteiger partial charge in [-0.3, -0.25) is 4.79 Å². The number of benzene rings is 1. The minimum Gasteiger partial charge on any atom is -0.353 e. The highest BCUT2D eigenvalue weighted by Crippen LogP contribution is 2.27. The summed E-state index contributed by atoms with van der Waals surface area (Å²) in [6.07, 6.45) is 1.39. The van der Waals surface area contributed by atoms with Crippen LogP contribution in [0.3, 0.4) is 0 Å². The molecule has 1 aromatic carbocycles. The van der Waals surface area contributed by atoms with Crippen LogP contribution in [0, 0.1) is 0 Å². The average Bonchev–Trinajstić information content (AvgIpc) is 2.47. The number of piperidine rings is 1. The largest absolute Gasteiger partial charge is 0.353 e. The lowest BCUT2D eigenvalue weighted by Gasteiger charge is -2.39. The first-order valence-corrected chi connectivity index (χ1v) is 7.05. The summed E-state index contributed by atoms with van der Waals surface area (Å²) in [4.78, 5) is 14.2. The van der Waals surface area contributed by atoms with Gasteiger partial charge in [-0.2, -0.15) is 0 Å². The molecule has 1 amide bonds. The molecule has 1 aliphatic rings. The minimum absolute atomic E-state index is 0.0632. The van der Waals surface area contributed by atoms with Gasteiger partial charge in [0.2, 0.25) is 0 Å². The van der Waals surface area contributed by atoms with E-state index in [1.807, 2.05) is 29.2 Å². The first-order valence-electron chi connectivity index (χ1n) is 6.25. The van der Waals surface area contributed by atoms with Gasteiger partial charge in [-0.15, -0.1) is 0 Å². The van der Waals surface area contributed by atoms with E-state index in [0.29, 0.717) is 31.5 Å². The van der Waals surface area contributed by atoms with Crippen LogP contribution in [0.15, 0.2) is 28.7 Å². The normalized spacial score (nSPS) is 18.4. The van der Waals surface area contributed by atoms with Crippen LogP contribution in [0.2, 0.25) is 0 Å². The second-order valence-electron chi connectivity index (χ2n) is 4.62. The van der Waals surface area contributed by atoms with Gasteiger partial charge in [0.25, 0.3) is 5.91 Å². The fourth-order valence-electron chi connectivity index (χ4n) is 2.32. The summed E-state index contributed by atoms with van der Waals surface area (Å²) >= 11 is 3.37. The fourth-order valence-corrected chi connectivity index (χ4v) is 2.58. The molecule has 0 bridgehead atoms. The lowest BCUT2D eigenvalue weighted by Crippen LogP contribution is -2.48. The molecule has 4 nitrogen and oxygen atoms in total. The molecule has 0 saturated carbocycles. The molecule has 1 fully saturated rings. The summed E-state index contributed by atoms with van der Waals surface area (Å²) < 4.78 is 11.8. The van der Waals surface area contributed by atoms with Crippen molar-refractivity contribution in [2.75, 3.05) is 27.3 Å². The molecule has 0 aliphatic carbocycles. The lowest BCUT2D eigenvalue weighted by molar-refractivity contribution is -0.226. The van der Waals surface area contributed by atoms with Crippen molar-refractivity contribution in [3.8, 4) is 0 Å². The molecule has 1 heterocycles.